The molecule has 0 saturated carbocycles. The van der Waals surface area contributed by atoms with Crippen LogP contribution in [0.3, 0.4) is 0 Å². The van der Waals surface area contributed by atoms with Gasteiger partial charge in [0, 0.05) is 5.69 Å². The van der Waals surface area contributed by atoms with Crippen molar-refractivity contribution < 1.29 is 4.79 Å². The number of amides is 1. The number of carbonyl (C=O) groups excluding carboxylic acids is 1. The first-order valence-corrected chi connectivity index (χ1v) is 7.97. The second-order valence-corrected chi connectivity index (χ2v) is 5.79. The van der Waals surface area contributed by atoms with Crippen LogP contribution >= 0.6 is 0 Å². The number of rotatable bonds is 6. The average molecular weight is 306 g/mol. The summed E-state index contributed by atoms with van der Waals surface area (Å²) in [6.45, 7) is 4.21. The zero-order valence-corrected chi connectivity index (χ0v) is 13.6. The van der Waals surface area contributed by atoms with Crippen molar-refractivity contribution in [1.29, 1.82) is 5.26 Å². The van der Waals surface area contributed by atoms with Crippen LogP contribution in [0.15, 0.2) is 54.6 Å². The molecule has 3 heteroatoms. The van der Waals surface area contributed by atoms with E-state index in [1.165, 1.54) is 0 Å². The van der Waals surface area contributed by atoms with Crippen LogP contribution in [0.25, 0.3) is 0 Å². The molecular weight excluding hydrogens is 284 g/mol. The monoisotopic (exact) mass is 306 g/mol. The number of benzene rings is 2. The Morgan fingerprint density at radius 1 is 1.13 bits per heavy atom. The van der Waals surface area contributed by atoms with Crippen molar-refractivity contribution >= 4 is 11.6 Å². The summed E-state index contributed by atoms with van der Waals surface area (Å²) in [4.78, 5) is 12.8. The molecule has 0 saturated heterocycles. The van der Waals surface area contributed by atoms with E-state index in [0.717, 1.165) is 23.2 Å². The zero-order valence-electron chi connectivity index (χ0n) is 13.6. The Bertz CT molecular complexity index is 671. The highest BCUT2D eigenvalue weighted by atomic mass is 16.1. The van der Waals surface area contributed by atoms with E-state index in [0.29, 0.717) is 6.42 Å². The maximum atomic E-state index is 12.8. The van der Waals surface area contributed by atoms with E-state index in [1.54, 1.807) is 0 Å². The molecule has 2 atom stereocenters. The van der Waals surface area contributed by atoms with Crippen molar-refractivity contribution in [3.8, 4) is 6.07 Å². The topological polar surface area (TPSA) is 52.9 Å². The van der Waals surface area contributed by atoms with E-state index in [4.69, 9.17) is 5.26 Å². The van der Waals surface area contributed by atoms with Crippen molar-refractivity contribution in [3.63, 3.8) is 0 Å². The maximum Gasteiger partial charge on any atom is 0.232 e. The van der Waals surface area contributed by atoms with E-state index >= 15 is 0 Å². The summed E-state index contributed by atoms with van der Waals surface area (Å²) in [5, 5.41) is 11.7. The third-order valence-electron chi connectivity index (χ3n) is 4.16. The molecule has 0 heterocycles. The van der Waals surface area contributed by atoms with Gasteiger partial charge in [-0.2, -0.15) is 5.26 Å². The molecule has 0 aliphatic heterocycles. The predicted octanol–water partition coefficient (Wildman–Crippen LogP) is 4.52. The third-order valence-corrected chi connectivity index (χ3v) is 4.16. The molecule has 0 spiro atoms. The van der Waals surface area contributed by atoms with E-state index in [1.807, 2.05) is 54.6 Å². The number of nitrogens with zero attached hydrogens (tertiary/aromatic N) is 1. The zero-order chi connectivity index (χ0) is 16.7. The normalized spacial score (nSPS) is 12.9. The van der Waals surface area contributed by atoms with Gasteiger partial charge in [-0.05, 0) is 29.2 Å². The Labute approximate surface area is 138 Å². The summed E-state index contributed by atoms with van der Waals surface area (Å²) in [6, 6.07) is 19.5. The number of hydrogen-bond donors (Lipinski definition) is 1. The number of nitrogens with one attached hydrogen (secondary N) is 1. The van der Waals surface area contributed by atoms with Gasteiger partial charge in [0.05, 0.1) is 18.4 Å². The molecule has 0 aliphatic rings. The van der Waals surface area contributed by atoms with Gasteiger partial charge in [-0.15, -0.1) is 0 Å². The van der Waals surface area contributed by atoms with Gasteiger partial charge in [0.25, 0.3) is 0 Å². The molecule has 2 unspecified atom stereocenters. The molecule has 118 valence electrons. The Morgan fingerprint density at radius 3 is 2.35 bits per heavy atom. The summed E-state index contributed by atoms with van der Waals surface area (Å²) in [5.74, 6) is 0.105. The molecule has 2 aromatic carbocycles. The molecule has 1 N–H and O–H groups in total. The smallest absolute Gasteiger partial charge is 0.232 e. The van der Waals surface area contributed by atoms with Gasteiger partial charge in [0.1, 0.15) is 0 Å². The van der Waals surface area contributed by atoms with E-state index < -0.39 is 0 Å². The largest absolute Gasteiger partial charge is 0.326 e. The third kappa shape index (κ3) is 4.43. The Balaban J connectivity index is 2.16. The fourth-order valence-corrected chi connectivity index (χ4v) is 2.65. The van der Waals surface area contributed by atoms with E-state index in [2.05, 4.69) is 25.2 Å². The van der Waals surface area contributed by atoms with Crippen LogP contribution in [0.5, 0.6) is 0 Å². The van der Waals surface area contributed by atoms with Crippen LogP contribution in [-0.2, 0) is 11.2 Å². The first-order valence-electron chi connectivity index (χ1n) is 7.97. The lowest BCUT2D eigenvalue weighted by atomic mass is 9.85. The summed E-state index contributed by atoms with van der Waals surface area (Å²) in [7, 11) is 0. The van der Waals surface area contributed by atoms with E-state index in [9.17, 15) is 4.79 Å². The fourth-order valence-electron chi connectivity index (χ4n) is 2.65. The Morgan fingerprint density at radius 2 is 1.78 bits per heavy atom. The highest BCUT2D eigenvalue weighted by molar-refractivity contribution is 5.96. The Kier molecular flexibility index (Phi) is 5.94. The van der Waals surface area contributed by atoms with Crippen LogP contribution in [0.1, 0.15) is 37.3 Å². The second-order valence-electron chi connectivity index (χ2n) is 5.79. The van der Waals surface area contributed by atoms with Crippen molar-refractivity contribution in [2.75, 3.05) is 5.32 Å². The van der Waals surface area contributed by atoms with Crippen LogP contribution in [-0.4, -0.2) is 5.91 Å². The maximum absolute atomic E-state index is 12.8. The predicted molar refractivity (Wildman–Crippen MR) is 93.0 cm³/mol. The molecule has 2 aromatic rings. The van der Waals surface area contributed by atoms with Gasteiger partial charge >= 0.3 is 0 Å². The first-order chi connectivity index (χ1) is 11.2. The van der Waals surface area contributed by atoms with Crippen molar-refractivity contribution in [2.24, 2.45) is 5.92 Å². The summed E-state index contributed by atoms with van der Waals surface area (Å²) in [5.41, 5.74) is 2.76. The molecule has 0 bridgehead atoms. The molecule has 23 heavy (non-hydrogen) atoms. The number of anilines is 1. The minimum atomic E-state index is -0.167. The number of nitriles is 1. The van der Waals surface area contributed by atoms with Crippen LogP contribution in [0.2, 0.25) is 0 Å². The highest BCUT2D eigenvalue weighted by Gasteiger charge is 2.25. The van der Waals surface area contributed by atoms with Crippen molar-refractivity contribution in [3.05, 3.63) is 65.7 Å². The lowest BCUT2D eigenvalue weighted by Crippen LogP contribution is -2.26. The number of hydrogen-bond acceptors (Lipinski definition) is 2. The second kappa shape index (κ2) is 8.14. The standard InChI is InChI=1S/C20H22N2O/c1-3-15(2)19(17-7-5-4-6-8-17)20(23)22-18-11-9-16(10-12-18)13-14-21/h4-12,15,19H,3,13H2,1-2H3,(H,22,23). The molecule has 1 amide bonds. The first kappa shape index (κ1) is 16.8. The van der Waals surface area contributed by atoms with E-state index in [-0.39, 0.29) is 17.7 Å². The van der Waals surface area contributed by atoms with Crippen LogP contribution in [0, 0.1) is 17.2 Å². The van der Waals surface area contributed by atoms with Gasteiger partial charge in [-0.3, -0.25) is 4.79 Å². The summed E-state index contributed by atoms with van der Waals surface area (Å²) in [6.07, 6.45) is 1.32. The summed E-state index contributed by atoms with van der Waals surface area (Å²) < 4.78 is 0. The quantitative estimate of drug-likeness (QED) is 0.853. The fraction of sp³-hybridized carbons (Fsp3) is 0.300. The van der Waals surface area contributed by atoms with Crippen LogP contribution in [0.4, 0.5) is 5.69 Å². The Hall–Kier alpha value is -2.60. The van der Waals surface area contributed by atoms with Gasteiger partial charge in [-0.1, -0.05) is 62.7 Å². The lowest BCUT2D eigenvalue weighted by Gasteiger charge is -2.23. The highest BCUT2D eigenvalue weighted by Crippen LogP contribution is 2.28. The van der Waals surface area contributed by atoms with Crippen molar-refractivity contribution in [2.45, 2.75) is 32.6 Å². The van der Waals surface area contributed by atoms with Gasteiger partial charge in [0.2, 0.25) is 5.91 Å². The SMILES string of the molecule is CCC(C)C(C(=O)Nc1ccc(CC#N)cc1)c1ccccc1. The molecule has 3 nitrogen and oxygen atoms in total. The molecule has 0 aromatic heterocycles. The van der Waals surface area contributed by atoms with Gasteiger partial charge < -0.3 is 5.32 Å². The molecule has 0 aliphatic carbocycles. The van der Waals surface area contributed by atoms with Gasteiger partial charge in [-0.25, -0.2) is 0 Å². The molecule has 2 rings (SSSR count). The minimum Gasteiger partial charge on any atom is -0.326 e. The number of carbonyl (C=O) groups is 1. The van der Waals surface area contributed by atoms with Gasteiger partial charge in [0.15, 0.2) is 0 Å². The lowest BCUT2D eigenvalue weighted by molar-refractivity contribution is -0.118. The molecular formula is C20H22N2O. The molecule has 0 radical (unpaired) electrons. The average Bonchev–Trinajstić information content (AvgIpc) is 2.58. The minimum absolute atomic E-state index is 0.0126. The summed E-state index contributed by atoms with van der Waals surface area (Å²) >= 11 is 0. The molecule has 0 fully saturated rings. The van der Waals surface area contributed by atoms with Crippen LogP contribution < -0.4 is 5.32 Å². The van der Waals surface area contributed by atoms with Crippen molar-refractivity contribution in [1.82, 2.24) is 0 Å².